The maximum atomic E-state index is 12.4. The van der Waals surface area contributed by atoms with Crippen molar-refractivity contribution in [2.75, 3.05) is 6.61 Å². The maximum absolute atomic E-state index is 12.4. The highest BCUT2D eigenvalue weighted by Crippen LogP contribution is 2.16. The molecule has 0 aliphatic rings. The van der Waals surface area contributed by atoms with Gasteiger partial charge in [0.15, 0.2) is 0 Å². The highest BCUT2D eigenvalue weighted by molar-refractivity contribution is 5.76. The first kappa shape index (κ1) is 48.1. The molecule has 0 heterocycles. The van der Waals surface area contributed by atoms with Crippen molar-refractivity contribution in [2.45, 2.75) is 264 Å². The van der Waals surface area contributed by atoms with Gasteiger partial charge in [-0.2, -0.15) is 0 Å². The molecule has 0 unspecified atom stereocenters. The summed E-state index contributed by atoms with van der Waals surface area (Å²) in [5.74, 6) is -0.0596. The topological polar surface area (TPSA) is 69.6 Å². The molecule has 0 saturated carbocycles. The van der Waals surface area contributed by atoms with Crippen LogP contribution in [0, 0.1) is 0 Å². The molecule has 49 heavy (non-hydrogen) atoms. The van der Waals surface area contributed by atoms with Crippen LogP contribution in [0.15, 0.2) is 12.2 Å². The van der Waals surface area contributed by atoms with Crippen LogP contribution in [-0.2, 0) is 4.79 Å². The van der Waals surface area contributed by atoms with Crippen LogP contribution in [0.5, 0.6) is 0 Å². The van der Waals surface area contributed by atoms with Crippen molar-refractivity contribution < 1.29 is 15.0 Å². The Bertz CT molecular complexity index is 666. The van der Waals surface area contributed by atoms with Crippen LogP contribution >= 0.6 is 0 Å². The van der Waals surface area contributed by atoms with E-state index in [1.807, 2.05) is 6.08 Å². The molecule has 0 spiro atoms. The normalized spacial score (nSPS) is 13.0. The minimum absolute atomic E-state index is 0.0596. The highest BCUT2D eigenvalue weighted by atomic mass is 16.3. The third-order valence-corrected chi connectivity index (χ3v) is 10.5. The fourth-order valence-corrected chi connectivity index (χ4v) is 7.06. The fourth-order valence-electron chi connectivity index (χ4n) is 7.06. The predicted molar refractivity (Wildman–Crippen MR) is 216 cm³/mol. The molecule has 0 aliphatic heterocycles. The molecule has 0 aromatic carbocycles. The maximum Gasteiger partial charge on any atom is 0.220 e. The lowest BCUT2D eigenvalue weighted by Gasteiger charge is -2.20. The average molecular weight is 692 g/mol. The third kappa shape index (κ3) is 38.2. The molecule has 0 radical (unpaired) electrons. The highest BCUT2D eigenvalue weighted by Gasteiger charge is 2.17. The Hall–Kier alpha value is -0.870. The van der Waals surface area contributed by atoms with Gasteiger partial charge in [0.05, 0.1) is 18.8 Å². The Morgan fingerprint density at radius 2 is 0.755 bits per heavy atom. The molecule has 1 amide bonds. The van der Waals surface area contributed by atoms with E-state index in [1.54, 1.807) is 6.08 Å². The van der Waals surface area contributed by atoms with Crippen molar-refractivity contribution in [1.82, 2.24) is 5.32 Å². The second-order valence-electron chi connectivity index (χ2n) is 15.5. The molecule has 2 atom stereocenters. The zero-order valence-electron chi connectivity index (χ0n) is 33.5. The molecule has 0 fully saturated rings. The van der Waals surface area contributed by atoms with Crippen LogP contribution in [0.1, 0.15) is 251 Å². The van der Waals surface area contributed by atoms with Gasteiger partial charge in [0.2, 0.25) is 5.91 Å². The largest absolute Gasteiger partial charge is 0.394 e. The van der Waals surface area contributed by atoms with Gasteiger partial charge in [0.25, 0.3) is 0 Å². The first-order valence-electron chi connectivity index (χ1n) is 22.4. The Morgan fingerprint density at radius 3 is 1.06 bits per heavy atom. The molecule has 4 heteroatoms. The molecule has 292 valence electrons. The number of carbonyl (C=O) groups excluding carboxylic acids is 1. The third-order valence-electron chi connectivity index (χ3n) is 10.5. The number of aliphatic hydroxyl groups is 2. The summed E-state index contributed by atoms with van der Waals surface area (Å²) in [7, 11) is 0. The van der Waals surface area contributed by atoms with Gasteiger partial charge in [-0.1, -0.05) is 238 Å². The number of amides is 1. The smallest absolute Gasteiger partial charge is 0.220 e. The predicted octanol–water partition coefficient (Wildman–Crippen LogP) is 13.9. The van der Waals surface area contributed by atoms with Crippen molar-refractivity contribution in [1.29, 1.82) is 0 Å². The summed E-state index contributed by atoms with van der Waals surface area (Å²) >= 11 is 0. The van der Waals surface area contributed by atoms with E-state index >= 15 is 0 Å². The monoisotopic (exact) mass is 692 g/mol. The number of nitrogens with one attached hydrogen (secondary N) is 1. The molecule has 0 rings (SSSR count). The SMILES string of the molecule is CCCCCCCCCCCCC/C=C/[C@@H](O)[C@H](CO)NC(=O)CCCCCCCCCCCCCCCCCCCCCCCCCC. The van der Waals surface area contributed by atoms with Gasteiger partial charge >= 0.3 is 0 Å². The summed E-state index contributed by atoms with van der Waals surface area (Å²) in [6, 6.07) is -0.615. The molecule has 0 saturated heterocycles. The average Bonchev–Trinajstić information content (AvgIpc) is 3.10. The van der Waals surface area contributed by atoms with Crippen LogP contribution in [0.2, 0.25) is 0 Å². The molecular weight excluding hydrogens is 602 g/mol. The van der Waals surface area contributed by atoms with E-state index in [1.165, 1.54) is 205 Å². The van der Waals surface area contributed by atoms with Crippen molar-refractivity contribution in [3.05, 3.63) is 12.2 Å². The zero-order chi connectivity index (χ0) is 35.7. The molecule has 0 aliphatic carbocycles. The van der Waals surface area contributed by atoms with Crippen molar-refractivity contribution in [3.8, 4) is 0 Å². The van der Waals surface area contributed by atoms with Crippen LogP contribution in [-0.4, -0.2) is 34.9 Å². The van der Waals surface area contributed by atoms with Crippen LogP contribution in [0.3, 0.4) is 0 Å². The number of hydrogen-bond acceptors (Lipinski definition) is 3. The summed E-state index contributed by atoms with van der Waals surface area (Å²) in [6.45, 7) is 4.32. The molecular formula is C45H89NO3. The zero-order valence-corrected chi connectivity index (χ0v) is 33.5. The van der Waals surface area contributed by atoms with E-state index in [4.69, 9.17) is 0 Å². The Kier molecular flexibility index (Phi) is 40.8. The minimum Gasteiger partial charge on any atom is -0.394 e. The first-order valence-corrected chi connectivity index (χ1v) is 22.4. The standard InChI is InChI=1S/C45H89NO3/c1-3-5-7-9-11-13-15-17-18-19-20-21-22-23-24-25-26-27-29-31-33-35-37-39-41-45(49)46-43(42-47)44(48)40-38-36-34-32-30-28-16-14-12-10-8-6-4-2/h38,40,43-44,47-48H,3-37,39,41-42H2,1-2H3,(H,46,49)/b40-38+/t43-,44+/m0/s1. The second-order valence-corrected chi connectivity index (χ2v) is 15.5. The van der Waals surface area contributed by atoms with Crippen molar-refractivity contribution in [2.24, 2.45) is 0 Å². The van der Waals surface area contributed by atoms with Crippen LogP contribution < -0.4 is 5.32 Å². The molecule has 0 aromatic heterocycles. The Balaban J connectivity index is 3.47. The van der Waals surface area contributed by atoms with Crippen molar-refractivity contribution >= 4 is 5.91 Å². The van der Waals surface area contributed by atoms with E-state index in [9.17, 15) is 15.0 Å². The summed E-state index contributed by atoms with van der Waals surface area (Å²) < 4.78 is 0. The quantitative estimate of drug-likeness (QED) is 0.0441. The second kappa shape index (κ2) is 41.5. The van der Waals surface area contributed by atoms with E-state index < -0.39 is 12.1 Å². The van der Waals surface area contributed by atoms with Gasteiger partial charge in [-0.25, -0.2) is 0 Å². The van der Waals surface area contributed by atoms with Crippen molar-refractivity contribution in [3.63, 3.8) is 0 Å². The lowest BCUT2D eigenvalue weighted by Crippen LogP contribution is -2.45. The van der Waals surface area contributed by atoms with Gasteiger partial charge in [-0.15, -0.1) is 0 Å². The van der Waals surface area contributed by atoms with E-state index in [0.717, 1.165) is 25.7 Å². The van der Waals surface area contributed by atoms with Gasteiger partial charge in [0.1, 0.15) is 0 Å². The van der Waals surface area contributed by atoms with Crippen LogP contribution in [0.25, 0.3) is 0 Å². The van der Waals surface area contributed by atoms with Crippen LogP contribution in [0.4, 0.5) is 0 Å². The Morgan fingerprint density at radius 1 is 0.469 bits per heavy atom. The number of hydrogen-bond donors (Lipinski definition) is 3. The molecule has 0 bridgehead atoms. The number of rotatable bonds is 41. The lowest BCUT2D eigenvalue weighted by atomic mass is 10.0. The van der Waals surface area contributed by atoms with E-state index in [-0.39, 0.29) is 12.5 Å². The minimum atomic E-state index is -0.833. The molecule has 3 N–H and O–H groups in total. The molecule has 4 nitrogen and oxygen atoms in total. The van der Waals surface area contributed by atoms with Gasteiger partial charge in [0, 0.05) is 6.42 Å². The van der Waals surface area contributed by atoms with E-state index in [2.05, 4.69) is 19.2 Å². The summed E-state index contributed by atoms with van der Waals surface area (Å²) in [5, 5.41) is 23.0. The summed E-state index contributed by atoms with van der Waals surface area (Å²) in [6.07, 6.45) is 51.8. The van der Waals surface area contributed by atoms with Gasteiger partial charge in [-0.05, 0) is 19.3 Å². The van der Waals surface area contributed by atoms with E-state index in [0.29, 0.717) is 6.42 Å². The summed E-state index contributed by atoms with van der Waals surface area (Å²) in [4.78, 5) is 12.4. The fraction of sp³-hybridized carbons (Fsp3) is 0.933. The number of allylic oxidation sites excluding steroid dienone is 1. The number of carbonyl (C=O) groups is 1. The number of unbranched alkanes of at least 4 members (excludes halogenated alkanes) is 34. The number of aliphatic hydroxyl groups excluding tert-OH is 2. The molecule has 0 aromatic rings. The lowest BCUT2D eigenvalue weighted by molar-refractivity contribution is -0.123. The summed E-state index contributed by atoms with van der Waals surface area (Å²) in [5.41, 5.74) is 0. The van der Waals surface area contributed by atoms with Gasteiger partial charge < -0.3 is 15.5 Å². The Labute approximate surface area is 307 Å². The first-order chi connectivity index (χ1) is 24.2. The van der Waals surface area contributed by atoms with Gasteiger partial charge in [-0.3, -0.25) is 4.79 Å².